The molecule has 0 amide bonds. The van der Waals surface area contributed by atoms with Crippen LogP contribution in [0.1, 0.15) is 42.8 Å². The SMILES string of the molecule is C[C@@H]1CCCN([C@H](c2cc3cc4c(cc3[nH]c2=O)OCCO4)c2nnnn2Cc2ccc(F)cc2)C1. The predicted molar refractivity (Wildman–Crippen MR) is 131 cm³/mol. The Hall–Kier alpha value is -3.79. The topological polar surface area (TPSA) is 98.2 Å². The number of aromatic amines is 1. The van der Waals surface area contributed by atoms with Gasteiger partial charge in [0.15, 0.2) is 17.3 Å². The Kier molecular flexibility index (Phi) is 5.88. The van der Waals surface area contributed by atoms with Crippen molar-refractivity contribution >= 4 is 10.9 Å². The average Bonchev–Trinajstić information content (AvgIpc) is 3.32. The molecule has 1 saturated heterocycles. The van der Waals surface area contributed by atoms with E-state index in [9.17, 15) is 9.18 Å². The van der Waals surface area contributed by atoms with Crippen molar-refractivity contribution < 1.29 is 13.9 Å². The number of H-pyrrole nitrogens is 1. The first-order valence-electron chi connectivity index (χ1n) is 12.3. The molecule has 2 aromatic heterocycles. The van der Waals surface area contributed by atoms with Gasteiger partial charge in [-0.25, -0.2) is 9.07 Å². The number of pyridine rings is 1. The van der Waals surface area contributed by atoms with Gasteiger partial charge in [0.1, 0.15) is 25.1 Å². The van der Waals surface area contributed by atoms with Crippen LogP contribution in [-0.4, -0.2) is 56.4 Å². The van der Waals surface area contributed by atoms with E-state index >= 15 is 0 Å². The molecule has 0 aliphatic carbocycles. The van der Waals surface area contributed by atoms with Crippen LogP contribution in [-0.2, 0) is 6.54 Å². The summed E-state index contributed by atoms with van der Waals surface area (Å²) in [7, 11) is 0. The number of fused-ring (bicyclic) bond motifs is 2. The van der Waals surface area contributed by atoms with E-state index in [1.807, 2.05) is 18.2 Å². The maximum absolute atomic E-state index is 13.5. The molecular formula is C26H27FN6O3. The van der Waals surface area contributed by atoms with Crippen LogP contribution in [0.25, 0.3) is 10.9 Å². The molecule has 4 aromatic rings. The maximum Gasteiger partial charge on any atom is 0.253 e. The number of nitrogens with zero attached hydrogens (tertiary/aromatic N) is 5. The summed E-state index contributed by atoms with van der Waals surface area (Å²) in [6.07, 6.45) is 2.17. The Balaban J connectivity index is 1.46. The zero-order valence-electron chi connectivity index (χ0n) is 20.0. The first kappa shape index (κ1) is 22.7. The summed E-state index contributed by atoms with van der Waals surface area (Å²) in [4.78, 5) is 18.8. The number of likely N-dealkylation sites (tertiary alicyclic amines) is 1. The Morgan fingerprint density at radius 3 is 2.69 bits per heavy atom. The molecule has 0 saturated carbocycles. The highest BCUT2D eigenvalue weighted by Gasteiger charge is 2.33. The van der Waals surface area contributed by atoms with Gasteiger partial charge in [0.25, 0.3) is 5.56 Å². The smallest absolute Gasteiger partial charge is 0.253 e. The number of hydrogen-bond donors (Lipinski definition) is 1. The van der Waals surface area contributed by atoms with Crippen LogP contribution in [0.15, 0.2) is 47.3 Å². The number of aromatic nitrogens is 5. The summed E-state index contributed by atoms with van der Waals surface area (Å²) >= 11 is 0. The molecule has 0 spiro atoms. The lowest BCUT2D eigenvalue weighted by atomic mass is 9.95. The van der Waals surface area contributed by atoms with Crippen LogP contribution in [0.3, 0.4) is 0 Å². The molecule has 1 N–H and O–H groups in total. The number of tetrazole rings is 1. The lowest BCUT2D eigenvalue weighted by Gasteiger charge is -2.36. The van der Waals surface area contributed by atoms with E-state index in [-0.39, 0.29) is 11.4 Å². The first-order valence-corrected chi connectivity index (χ1v) is 12.3. The van der Waals surface area contributed by atoms with Crippen molar-refractivity contribution in [1.29, 1.82) is 0 Å². The summed E-state index contributed by atoms with van der Waals surface area (Å²) < 4.78 is 26.6. The zero-order chi connectivity index (χ0) is 24.6. The van der Waals surface area contributed by atoms with Crippen molar-refractivity contribution in [2.75, 3.05) is 26.3 Å². The number of halogens is 1. The lowest BCUT2D eigenvalue weighted by Crippen LogP contribution is -2.41. The second kappa shape index (κ2) is 9.34. The Bertz CT molecular complexity index is 1450. The fourth-order valence-corrected chi connectivity index (χ4v) is 5.20. The second-order valence-corrected chi connectivity index (χ2v) is 9.60. The average molecular weight is 491 g/mol. The molecule has 4 heterocycles. The monoisotopic (exact) mass is 490 g/mol. The molecule has 2 aliphatic heterocycles. The lowest BCUT2D eigenvalue weighted by molar-refractivity contribution is 0.141. The number of hydrogen-bond acceptors (Lipinski definition) is 7. The van der Waals surface area contributed by atoms with Crippen LogP contribution in [0.2, 0.25) is 0 Å². The molecule has 0 unspecified atom stereocenters. The fraction of sp³-hybridized carbons (Fsp3) is 0.385. The van der Waals surface area contributed by atoms with Crippen LogP contribution in [0.4, 0.5) is 4.39 Å². The standard InChI is InChI=1S/C26H27FN6O3/c1-16-3-2-8-32(14-16)24(25-29-30-31-33(25)15-17-4-6-19(27)7-5-17)20-11-18-12-22-23(36-10-9-35-22)13-21(18)28-26(20)34/h4-7,11-13,16,24H,2-3,8-10,14-15H2,1H3,(H,28,34)/t16-,24-/m1/s1. The fourth-order valence-electron chi connectivity index (χ4n) is 5.20. The summed E-state index contributed by atoms with van der Waals surface area (Å²) in [5.41, 5.74) is 1.93. The maximum atomic E-state index is 13.5. The van der Waals surface area contributed by atoms with Crippen LogP contribution < -0.4 is 15.0 Å². The summed E-state index contributed by atoms with van der Waals surface area (Å²) in [6.45, 7) is 5.21. The highest BCUT2D eigenvalue weighted by molar-refractivity contribution is 5.83. The first-order chi connectivity index (χ1) is 17.5. The predicted octanol–water partition coefficient (Wildman–Crippen LogP) is 3.29. The van der Waals surface area contributed by atoms with E-state index in [0.29, 0.717) is 54.1 Å². The molecule has 9 nitrogen and oxygen atoms in total. The molecule has 1 fully saturated rings. The van der Waals surface area contributed by atoms with E-state index in [2.05, 4.69) is 32.3 Å². The van der Waals surface area contributed by atoms with Crippen LogP contribution in [0, 0.1) is 11.7 Å². The molecule has 10 heteroatoms. The molecule has 2 atom stereocenters. The van der Waals surface area contributed by atoms with Gasteiger partial charge in [-0.15, -0.1) is 5.10 Å². The Labute approximate surface area is 206 Å². The van der Waals surface area contributed by atoms with Crippen LogP contribution >= 0.6 is 0 Å². The minimum atomic E-state index is -0.440. The number of benzene rings is 2. The van der Waals surface area contributed by atoms with Gasteiger partial charge in [-0.1, -0.05) is 19.1 Å². The van der Waals surface area contributed by atoms with Gasteiger partial charge in [-0.05, 0) is 65.6 Å². The van der Waals surface area contributed by atoms with Crippen molar-refractivity contribution in [2.24, 2.45) is 5.92 Å². The third-order valence-electron chi connectivity index (χ3n) is 6.93. The van der Waals surface area contributed by atoms with Crippen molar-refractivity contribution in [3.8, 4) is 11.5 Å². The third-order valence-corrected chi connectivity index (χ3v) is 6.93. The second-order valence-electron chi connectivity index (χ2n) is 9.60. The van der Waals surface area contributed by atoms with E-state index in [1.54, 1.807) is 16.8 Å². The van der Waals surface area contributed by atoms with Crippen molar-refractivity contribution in [1.82, 2.24) is 30.1 Å². The largest absolute Gasteiger partial charge is 0.486 e. The van der Waals surface area contributed by atoms with Gasteiger partial charge in [-0.2, -0.15) is 0 Å². The van der Waals surface area contributed by atoms with Crippen molar-refractivity contribution in [2.45, 2.75) is 32.4 Å². The van der Waals surface area contributed by atoms with Crippen LogP contribution in [0.5, 0.6) is 11.5 Å². The van der Waals surface area contributed by atoms with Crippen molar-refractivity contribution in [3.05, 3.63) is 75.6 Å². The van der Waals surface area contributed by atoms with Gasteiger partial charge in [0, 0.05) is 23.6 Å². The van der Waals surface area contributed by atoms with E-state index in [0.717, 1.165) is 36.9 Å². The molecule has 2 aromatic carbocycles. The molecule has 0 radical (unpaired) electrons. The highest BCUT2D eigenvalue weighted by atomic mass is 19.1. The number of rotatable bonds is 5. The van der Waals surface area contributed by atoms with Gasteiger partial charge in [0.2, 0.25) is 0 Å². The van der Waals surface area contributed by atoms with Gasteiger partial charge in [0.05, 0.1) is 12.1 Å². The normalized spacial score (nSPS) is 18.9. The molecule has 0 bridgehead atoms. The van der Waals surface area contributed by atoms with E-state index in [1.165, 1.54) is 12.1 Å². The Morgan fingerprint density at radius 1 is 1.14 bits per heavy atom. The number of ether oxygens (including phenoxy) is 2. The minimum absolute atomic E-state index is 0.196. The number of nitrogens with one attached hydrogen (secondary N) is 1. The summed E-state index contributed by atoms with van der Waals surface area (Å²) in [5.74, 6) is 2.06. The van der Waals surface area contributed by atoms with E-state index < -0.39 is 6.04 Å². The minimum Gasteiger partial charge on any atom is -0.486 e. The number of piperidine rings is 1. The molecule has 2 aliphatic rings. The van der Waals surface area contributed by atoms with Crippen molar-refractivity contribution in [3.63, 3.8) is 0 Å². The summed E-state index contributed by atoms with van der Waals surface area (Å²) in [6, 6.07) is 11.5. The van der Waals surface area contributed by atoms with Gasteiger partial charge >= 0.3 is 0 Å². The Morgan fingerprint density at radius 2 is 1.92 bits per heavy atom. The molecular weight excluding hydrogens is 463 g/mol. The van der Waals surface area contributed by atoms with E-state index in [4.69, 9.17) is 9.47 Å². The summed E-state index contributed by atoms with van der Waals surface area (Å²) in [5, 5.41) is 13.4. The molecule has 6 rings (SSSR count). The third kappa shape index (κ3) is 4.32. The molecule has 186 valence electrons. The quantitative estimate of drug-likeness (QED) is 0.458. The van der Waals surface area contributed by atoms with Gasteiger partial charge in [-0.3, -0.25) is 9.69 Å². The van der Waals surface area contributed by atoms with Gasteiger partial charge < -0.3 is 14.5 Å². The highest BCUT2D eigenvalue weighted by Crippen LogP contribution is 2.36. The zero-order valence-corrected chi connectivity index (χ0v) is 20.0. The molecule has 36 heavy (non-hydrogen) atoms.